The van der Waals surface area contributed by atoms with Gasteiger partial charge in [0.15, 0.2) is 0 Å². The number of hydrogen-bond donors (Lipinski definition) is 1. The third-order valence-electron chi connectivity index (χ3n) is 3.87. The van der Waals surface area contributed by atoms with E-state index in [-0.39, 0.29) is 16.8 Å². The average Bonchev–Trinajstić information content (AvgIpc) is 2.91. The number of hydrogen-bond acceptors (Lipinski definition) is 4. The van der Waals surface area contributed by atoms with Crippen LogP contribution in [0.4, 0.5) is 11.4 Å². The zero-order valence-corrected chi connectivity index (χ0v) is 13.1. The minimum Gasteiger partial charge on any atom is -0.378 e. The van der Waals surface area contributed by atoms with Crippen LogP contribution in [0.1, 0.15) is 34.9 Å². The molecule has 0 fully saturated rings. The van der Waals surface area contributed by atoms with Crippen molar-refractivity contribution in [2.45, 2.75) is 32.2 Å². The first-order valence-electron chi connectivity index (χ1n) is 6.83. The van der Waals surface area contributed by atoms with Crippen LogP contribution >= 0.6 is 22.9 Å². The van der Waals surface area contributed by atoms with Gasteiger partial charge in [0, 0.05) is 16.6 Å². The van der Waals surface area contributed by atoms with E-state index in [1.807, 2.05) is 6.92 Å². The fourth-order valence-electron chi connectivity index (χ4n) is 2.79. The Morgan fingerprint density at radius 2 is 2.29 bits per heavy atom. The number of nitrogens with one attached hydrogen (secondary N) is 1. The summed E-state index contributed by atoms with van der Waals surface area (Å²) < 4.78 is 0. The van der Waals surface area contributed by atoms with E-state index in [2.05, 4.69) is 16.8 Å². The summed E-state index contributed by atoms with van der Waals surface area (Å²) in [5.41, 5.74) is 3.02. The molecule has 1 aliphatic rings. The summed E-state index contributed by atoms with van der Waals surface area (Å²) in [7, 11) is 0. The molecule has 1 atom stereocenters. The molecule has 1 heterocycles. The standard InChI is InChI=1S/C15H15ClN2O2S/c1-9-7-14(18(19)20)11(16)8-13(9)17-12-3-2-4-15-10(12)5-6-21-15/h5-8,12,17H,2-4H2,1H3. The zero-order valence-electron chi connectivity index (χ0n) is 11.6. The second-order valence-corrected chi connectivity index (χ2v) is 6.67. The van der Waals surface area contributed by atoms with E-state index in [1.165, 1.54) is 16.5 Å². The highest BCUT2D eigenvalue weighted by molar-refractivity contribution is 7.10. The van der Waals surface area contributed by atoms with Crippen molar-refractivity contribution in [3.63, 3.8) is 0 Å². The van der Waals surface area contributed by atoms with Crippen molar-refractivity contribution in [2.24, 2.45) is 0 Å². The van der Waals surface area contributed by atoms with Gasteiger partial charge >= 0.3 is 0 Å². The highest BCUT2D eigenvalue weighted by Crippen LogP contribution is 2.38. The van der Waals surface area contributed by atoms with Crippen LogP contribution in [0.2, 0.25) is 5.02 Å². The third-order valence-corrected chi connectivity index (χ3v) is 5.17. The van der Waals surface area contributed by atoms with Crippen molar-refractivity contribution < 1.29 is 4.92 Å². The van der Waals surface area contributed by atoms with E-state index < -0.39 is 4.92 Å². The number of fused-ring (bicyclic) bond motifs is 1. The smallest absolute Gasteiger partial charge is 0.288 e. The fraction of sp³-hybridized carbons (Fsp3) is 0.333. The molecular formula is C15H15ClN2O2S. The van der Waals surface area contributed by atoms with Gasteiger partial charge in [-0.15, -0.1) is 11.3 Å². The first kappa shape index (κ1) is 14.4. The van der Waals surface area contributed by atoms with Gasteiger partial charge in [0.05, 0.1) is 11.0 Å². The van der Waals surface area contributed by atoms with Gasteiger partial charge < -0.3 is 5.32 Å². The van der Waals surface area contributed by atoms with Gasteiger partial charge in [0.2, 0.25) is 0 Å². The Kier molecular flexibility index (Phi) is 3.87. The molecule has 0 spiro atoms. The van der Waals surface area contributed by atoms with Crippen molar-refractivity contribution >= 4 is 34.3 Å². The summed E-state index contributed by atoms with van der Waals surface area (Å²) in [5, 5.41) is 16.7. The van der Waals surface area contributed by atoms with Crippen molar-refractivity contribution in [3.05, 3.63) is 54.7 Å². The maximum Gasteiger partial charge on any atom is 0.288 e. The predicted octanol–water partition coefficient (Wildman–Crippen LogP) is 5.11. The van der Waals surface area contributed by atoms with Crippen LogP contribution < -0.4 is 5.32 Å². The van der Waals surface area contributed by atoms with E-state index in [4.69, 9.17) is 11.6 Å². The lowest BCUT2D eigenvalue weighted by atomic mass is 9.93. The first-order chi connectivity index (χ1) is 10.1. The molecule has 1 aromatic carbocycles. The van der Waals surface area contributed by atoms with E-state index in [9.17, 15) is 10.1 Å². The van der Waals surface area contributed by atoms with E-state index in [0.29, 0.717) is 0 Å². The number of anilines is 1. The summed E-state index contributed by atoms with van der Waals surface area (Å²) in [6.07, 6.45) is 3.37. The Labute approximate surface area is 131 Å². The van der Waals surface area contributed by atoms with E-state index >= 15 is 0 Å². The van der Waals surface area contributed by atoms with E-state index in [1.54, 1.807) is 17.4 Å². The zero-order chi connectivity index (χ0) is 15.0. The minimum absolute atomic E-state index is 0.0421. The molecule has 4 nitrogen and oxygen atoms in total. The molecule has 1 aromatic heterocycles. The molecular weight excluding hydrogens is 308 g/mol. The molecule has 0 saturated heterocycles. The van der Waals surface area contributed by atoms with Gasteiger partial charge in [-0.3, -0.25) is 10.1 Å². The van der Waals surface area contributed by atoms with Crippen LogP contribution in [0.5, 0.6) is 0 Å². The molecule has 0 amide bonds. The lowest BCUT2D eigenvalue weighted by Gasteiger charge is -2.25. The van der Waals surface area contributed by atoms with Crippen molar-refractivity contribution in [3.8, 4) is 0 Å². The number of rotatable bonds is 3. The van der Waals surface area contributed by atoms with Gasteiger partial charge in [-0.2, -0.15) is 0 Å². The SMILES string of the molecule is Cc1cc([N+](=O)[O-])c(Cl)cc1NC1CCCc2sccc21. The Hall–Kier alpha value is -1.59. The largest absolute Gasteiger partial charge is 0.378 e. The Morgan fingerprint density at radius 3 is 3.05 bits per heavy atom. The maximum absolute atomic E-state index is 10.9. The second-order valence-electron chi connectivity index (χ2n) is 5.26. The number of nitro benzene ring substituents is 1. The molecule has 0 radical (unpaired) electrons. The number of nitro groups is 1. The van der Waals surface area contributed by atoms with Crippen molar-refractivity contribution in [1.82, 2.24) is 0 Å². The molecule has 6 heteroatoms. The first-order valence-corrected chi connectivity index (χ1v) is 8.09. The van der Waals surface area contributed by atoms with Crippen LogP contribution in [0.25, 0.3) is 0 Å². The van der Waals surface area contributed by atoms with Crippen LogP contribution in [-0.4, -0.2) is 4.92 Å². The van der Waals surface area contributed by atoms with Crippen molar-refractivity contribution in [2.75, 3.05) is 5.32 Å². The summed E-state index contributed by atoms with van der Waals surface area (Å²) in [4.78, 5) is 11.9. The Bertz CT molecular complexity index is 699. The highest BCUT2D eigenvalue weighted by atomic mass is 35.5. The molecule has 110 valence electrons. The maximum atomic E-state index is 10.9. The summed E-state index contributed by atoms with van der Waals surface area (Å²) in [6, 6.07) is 5.62. The van der Waals surface area contributed by atoms with Gasteiger partial charge in [-0.1, -0.05) is 11.6 Å². The quantitative estimate of drug-likeness (QED) is 0.631. The molecule has 3 rings (SSSR count). The Morgan fingerprint density at radius 1 is 1.48 bits per heavy atom. The lowest BCUT2D eigenvalue weighted by Crippen LogP contribution is -2.16. The van der Waals surface area contributed by atoms with Crippen molar-refractivity contribution in [1.29, 1.82) is 0 Å². The van der Waals surface area contributed by atoms with Gasteiger partial charge in [0.25, 0.3) is 5.69 Å². The topological polar surface area (TPSA) is 55.2 Å². The fourth-order valence-corrected chi connectivity index (χ4v) is 4.01. The molecule has 0 saturated carbocycles. The number of thiophene rings is 1. The molecule has 0 bridgehead atoms. The number of halogens is 1. The normalized spacial score (nSPS) is 17.3. The van der Waals surface area contributed by atoms with Gasteiger partial charge in [-0.25, -0.2) is 0 Å². The predicted molar refractivity (Wildman–Crippen MR) is 86.5 cm³/mol. The van der Waals surface area contributed by atoms with Gasteiger partial charge in [-0.05, 0) is 54.8 Å². The molecule has 2 aromatic rings. The number of aryl methyl sites for hydroxylation is 2. The lowest BCUT2D eigenvalue weighted by molar-refractivity contribution is -0.384. The van der Waals surface area contributed by atoms with Crippen LogP contribution in [0, 0.1) is 17.0 Å². The minimum atomic E-state index is -0.448. The summed E-state index contributed by atoms with van der Waals surface area (Å²) in [6.45, 7) is 1.86. The number of benzene rings is 1. The highest BCUT2D eigenvalue weighted by Gasteiger charge is 2.22. The molecule has 0 aliphatic heterocycles. The number of nitrogens with zero attached hydrogens (tertiary/aromatic N) is 1. The van der Waals surface area contributed by atoms with Crippen LogP contribution in [0.15, 0.2) is 23.6 Å². The molecule has 1 unspecified atom stereocenters. The van der Waals surface area contributed by atoms with Gasteiger partial charge in [0.1, 0.15) is 5.02 Å². The van der Waals surface area contributed by atoms with E-state index in [0.717, 1.165) is 30.5 Å². The van der Waals surface area contributed by atoms with Crippen LogP contribution in [0.3, 0.4) is 0 Å². The monoisotopic (exact) mass is 322 g/mol. The molecule has 1 aliphatic carbocycles. The summed E-state index contributed by atoms with van der Waals surface area (Å²) >= 11 is 7.81. The van der Waals surface area contributed by atoms with Crippen LogP contribution in [-0.2, 0) is 6.42 Å². The molecule has 21 heavy (non-hydrogen) atoms. The molecule has 1 N–H and O–H groups in total. The second kappa shape index (κ2) is 5.66. The third kappa shape index (κ3) is 2.76. The Balaban J connectivity index is 1.90. The average molecular weight is 323 g/mol. The summed E-state index contributed by atoms with van der Waals surface area (Å²) in [5.74, 6) is 0.